The highest BCUT2D eigenvalue weighted by Crippen LogP contribution is 2.24. The molecule has 5 heteroatoms. The highest BCUT2D eigenvalue weighted by atomic mass is 19.3. The van der Waals surface area contributed by atoms with Gasteiger partial charge < -0.3 is 9.80 Å². The van der Waals surface area contributed by atoms with Crippen LogP contribution in [0.5, 0.6) is 0 Å². The molecular weight excluding hydrogens is 224 g/mol. The molecule has 0 unspecified atom stereocenters. The smallest absolute Gasteiger partial charge is 0.326 e. The van der Waals surface area contributed by atoms with Crippen LogP contribution in [0.25, 0.3) is 0 Å². The summed E-state index contributed by atoms with van der Waals surface area (Å²) in [6, 6.07) is 2.96. The van der Waals surface area contributed by atoms with E-state index in [1.165, 1.54) is 12.1 Å². The van der Waals surface area contributed by atoms with Crippen molar-refractivity contribution in [3.05, 3.63) is 29.8 Å². The third-order valence-electron chi connectivity index (χ3n) is 3.12. The number of nitrogens with zero attached hydrogens (tertiary/aromatic N) is 2. The van der Waals surface area contributed by atoms with Crippen molar-refractivity contribution in [3.63, 3.8) is 0 Å². The first-order chi connectivity index (χ1) is 7.97. The third kappa shape index (κ3) is 2.92. The van der Waals surface area contributed by atoms with Gasteiger partial charge in [0.15, 0.2) is 0 Å². The molecule has 0 bridgehead atoms. The van der Waals surface area contributed by atoms with Crippen LogP contribution in [0, 0.1) is 0 Å². The van der Waals surface area contributed by atoms with E-state index in [1.807, 2.05) is 0 Å². The van der Waals surface area contributed by atoms with Gasteiger partial charge in [-0.1, -0.05) is 0 Å². The van der Waals surface area contributed by atoms with E-state index in [2.05, 4.69) is 16.8 Å². The van der Waals surface area contributed by atoms with Crippen LogP contribution in [0.2, 0.25) is 0 Å². The molecule has 0 aliphatic carbocycles. The Kier molecular flexibility index (Phi) is 3.31. The minimum Gasteiger partial charge on any atom is -0.369 e. The number of anilines is 1. The second-order valence-corrected chi connectivity index (χ2v) is 4.46. The van der Waals surface area contributed by atoms with Crippen molar-refractivity contribution in [1.29, 1.82) is 0 Å². The molecule has 2 rings (SSSR count). The van der Waals surface area contributed by atoms with Gasteiger partial charge in [0.05, 0.1) is 0 Å². The van der Waals surface area contributed by atoms with Crippen LogP contribution in [-0.2, 0) is 6.05 Å². The van der Waals surface area contributed by atoms with E-state index >= 15 is 0 Å². The normalized spacial score (nSPS) is 18.5. The number of hydrogen-bond acceptors (Lipinski definition) is 3. The number of likely N-dealkylation sites (N-methyl/N-ethyl adjacent to an activating group) is 1. The lowest BCUT2D eigenvalue weighted by atomic mass is 10.1. The van der Waals surface area contributed by atoms with Gasteiger partial charge in [-0.3, -0.25) is 5.73 Å². The van der Waals surface area contributed by atoms with Gasteiger partial charge in [0.25, 0.3) is 0 Å². The van der Waals surface area contributed by atoms with Gasteiger partial charge in [-0.05, 0) is 31.3 Å². The van der Waals surface area contributed by atoms with Gasteiger partial charge in [-0.25, -0.2) is 0 Å². The fourth-order valence-corrected chi connectivity index (χ4v) is 1.96. The maximum absolute atomic E-state index is 12.8. The minimum atomic E-state index is -3.25. The molecule has 2 N–H and O–H groups in total. The summed E-state index contributed by atoms with van der Waals surface area (Å²) >= 11 is 0. The maximum atomic E-state index is 12.8. The first-order valence-corrected chi connectivity index (χ1v) is 5.67. The summed E-state index contributed by atoms with van der Waals surface area (Å²) in [6.07, 6.45) is 0. The molecule has 0 amide bonds. The Bertz CT molecular complexity index is 364. The summed E-state index contributed by atoms with van der Waals surface area (Å²) in [7, 11) is 2.08. The topological polar surface area (TPSA) is 32.5 Å². The van der Waals surface area contributed by atoms with Crippen LogP contribution in [0.4, 0.5) is 14.5 Å². The third-order valence-corrected chi connectivity index (χ3v) is 3.12. The van der Waals surface area contributed by atoms with Gasteiger partial charge in [-0.15, -0.1) is 0 Å². The van der Waals surface area contributed by atoms with Gasteiger partial charge in [0.1, 0.15) is 0 Å². The quantitative estimate of drug-likeness (QED) is 0.795. The number of nitrogens with two attached hydrogens (primary N) is 1. The largest absolute Gasteiger partial charge is 0.369 e. The highest BCUT2D eigenvalue weighted by molar-refractivity contribution is 5.48. The van der Waals surface area contributed by atoms with Crippen molar-refractivity contribution in [2.24, 2.45) is 5.73 Å². The predicted molar refractivity (Wildman–Crippen MR) is 64.2 cm³/mol. The van der Waals surface area contributed by atoms with E-state index in [9.17, 15) is 8.78 Å². The summed E-state index contributed by atoms with van der Waals surface area (Å²) < 4.78 is 25.7. The van der Waals surface area contributed by atoms with Crippen LogP contribution in [0.15, 0.2) is 24.3 Å². The Labute approximate surface area is 99.8 Å². The number of rotatable bonds is 2. The van der Waals surface area contributed by atoms with Crippen LogP contribution in [0.1, 0.15) is 5.56 Å². The van der Waals surface area contributed by atoms with Crippen LogP contribution in [-0.4, -0.2) is 38.1 Å². The van der Waals surface area contributed by atoms with E-state index in [0.29, 0.717) is 0 Å². The summed E-state index contributed by atoms with van der Waals surface area (Å²) in [5.74, 6) is 0. The Morgan fingerprint density at radius 1 is 1.06 bits per heavy atom. The molecule has 1 heterocycles. The average molecular weight is 241 g/mol. The van der Waals surface area contributed by atoms with Crippen molar-refractivity contribution in [2.45, 2.75) is 6.05 Å². The van der Waals surface area contributed by atoms with Crippen molar-refractivity contribution >= 4 is 5.69 Å². The molecule has 3 nitrogen and oxygen atoms in total. The van der Waals surface area contributed by atoms with Crippen LogP contribution >= 0.6 is 0 Å². The molecule has 1 aliphatic rings. The van der Waals surface area contributed by atoms with E-state index in [1.54, 1.807) is 12.1 Å². The molecule has 17 heavy (non-hydrogen) atoms. The van der Waals surface area contributed by atoms with Crippen LogP contribution < -0.4 is 10.6 Å². The molecule has 1 aromatic carbocycles. The lowest BCUT2D eigenvalue weighted by Gasteiger charge is -2.34. The van der Waals surface area contributed by atoms with Gasteiger partial charge in [-0.2, -0.15) is 8.78 Å². The molecule has 94 valence electrons. The van der Waals surface area contributed by atoms with E-state index < -0.39 is 6.05 Å². The SMILES string of the molecule is CN1CCN(c2ccc(C(N)(F)F)cc2)CC1. The average Bonchev–Trinajstić information content (AvgIpc) is 2.29. The molecule has 0 saturated carbocycles. The first kappa shape index (κ1) is 12.3. The van der Waals surface area contributed by atoms with Crippen molar-refractivity contribution < 1.29 is 8.78 Å². The molecule has 0 radical (unpaired) electrons. The molecular formula is C12H17F2N3. The molecule has 1 aliphatic heterocycles. The predicted octanol–water partition coefficient (Wildman–Crippen LogP) is 1.45. The van der Waals surface area contributed by atoms with Gasteiger partial charge in [0, 0.05) is 37.4 Å². The monoisotopic (exact) mass is 241 g/mol. The first-order valence-electron chi connectivity index (χ1n) is 5.67. The van der Waals surface area contributed by atoms with Gasteiger partial charge in [0.2, 0.25) is 0 Å². The highest BCUT2D eigenvalue weighted by Gasteiger charge is 2.25. The lowest BCUT2D eigenvalue weighted by Crippen LogP contribution is -2.44. The number of benzene rings is 1. The molecule has 0 spiro atoms. The molecule has 1 fully saturated rings. The second-order valence-electron chi connectivity index (χ2n) is 4.46. The molecule has 1 saturated heterocycles. The summed E-state index contributed by atoms with van der Waals surface area (Å²) in [5, 5.41) is 0. The lowest BCUT2D eigenvalue weighted by molar-refractivity contribution is 0.00300. The Balaban J connectivity index is 2.08. The van der Waals surface area contributed by atoms with E-state index in [4.69, 9.17) is 5.73 Å². The zero-order valence-corrected chi connectivity index (χ0v) is 9.87. The van der Waals surface area contributed by atoms with Gasteiger partial charge >= 0.3 is 6.05 Å². The second kappa shape index (κ2) is 4.58. The Morgan fingerprint density at radius 2 is 1.59 bits per heavy atom. The van der Waals surface area contributed by atoms with Crippen LogP contribution in [0.3, 0.4) is 0 Å². The van der Waals surface area contributed by atoms with E-state index in [0.717, 1.165) is 31.9 Å². The Morgan fingerprint density at radius 3 is 2.06 bits per heavy atom. The number of piperazine rings is 1. The summed E-state index contributed by atoms with van der Waals surface area (Å²) in [5.41, 5.74) is 5.58. The van der Waals surface area contributed by atoms with E-state index in [-0.39, 0.29) is 5.56 Å². The number of halogens is 2. The van der Waals surface area contributed by atoms with Crippen molar-refractivity contribution in [1.82, 2.24) is 4.90 Å². The van der Waals surface area contributed by atoms with Crippen molar-refractivity contribution in [3.8, 4) is 0 Å². The maximum Gasteiger partial charge on any atom is 0.326 e. The Hall–Kier alpha value is -1.20. The van der Waals surface area contributed by atoms with Crippen molar-refractivity contribution in [2.75, 3.05) is 38.1 Å². The fraction of sp³-hybridized carbons (Fsp3) is 0.500. The molecule has 1 aromatic rings. The summed E-state index contributed by atoms with van der Waals surface area (Å²) in [6.45, 7) is 3.84. The zero-order valence-electron chi connectivity index (χ0n) is 9.87. The standard InChI is InChI=1S/C12H17F2N3/c1-16-6-8-17(9-7-16)11-4-2-10(3-5-11)12(13,14)15/h2-5H,6-9,15H2,1H3. The zero-order chi connectivity index (χ0) is 12.5. The molecule has 0 aromatic heterocycles. The molecule has 0 atom stereocenters. The number of alkyl halides is 2. The fourth-order valence-electron chi connectivity index (χ4n) is 1.96. The number of hydrogen-bond donors (Lipinski definition) is 1. The summed E-state index contributed by atoms with van der Waals surface area (Å²) in [4.78, 5) is 4.44. The minimum absolute atomic E-state index is 0.143.